The molecular weight excluding hydrogens is 422 g/mol. The molecule has 1 atom stereocenters. The SMILES string of the molecule is COCC(=O)N1CCc2c(c(C(=O)N3CCC[C@H](C(=O)Nc4ccccc4C)C3)nn2C)C1. The Bertz CT molecular complexity index is 1060. The first kappa shape index (κ1) is 23.0. The number of fused-ring (bicyclic) bond motifs is 1. The third-order valence-electron chi connectivity index (χ3n) is 6.55. The summed E-state index contributed by atoms with van der Waals surface area (Å²) in [5.41, 5.74) is 3.95. The van der Waals surface area contributed by atoms with Crippen molar-refractivity contribution in [2.24, 2.45) is 13.0 Å². The van der Waals surface area contributed by atoms with Gasteiger partial charge in [0.25, 0.3) is 5.91 Å². The van der Waals surface area contributed by atoms with Gasteiger partial charge in [0.1, 0.15) is 6.61 Å². The number of benzene rings is 1. The van der Waals surface area contributed by atoms with Gasteiger partial charge in [0, 0.05) is 63.7 Å². The van der Waals surface area contributed by atoms with Gasteiger partial charge in [-0.3, -0.25) is 19.1 Å². The van der Waals surface area contributed by atoms with Gasteiger partial charge in [-0.05, 0) is 31.4 Å². The highest BCUT2D eigenvalue weighted by Gasteiger charge is 2.34. The monoisotopic (exact) mass is 453 g/mol. The molecule has 1 aromatic carbocycles. The number of amides is 3. The molecule has 33 heavy (non-hydrogen) atoms. The van der Waals surface area contributed by atoms with Gasteiger partial charge in [-0.25, -0.2) is 0 Å². The zero-order valence-corrected chi connectivity index (χ0v) is 19.5. The molecule has 2 aliphatic heterocycles. The van der Waals surface area contributed by atoms with Crippen molar-refractivity contribution < 1.29 is 19.1 Å². The predicted octanol–water partition coefficient (Wildman–Crippen LogP) is 1.75. The fourth-order valence-electron chi connectivity index (χ4n) is 4.67. The summed E-state index contributed by atoms with van der Waals surface area (Å²) in [4.78, 5) is 42.1. The smallest absolute Gasteiger partial charge is 0.274 e. The van der Waals surface area contributed by atoms with Crippen LogP contribution in [0.4, 0.5) is 5.69 Å². The molecule has 3 amide bonds. The summed E-state index contributed by atoms with van der Waals surface area (Å²) >= 11 is 0. The van der Waals surface area contributed by atoms with E-state index in [9.17, 15) is 14.4 Å². The van der Waals surface area contributed by atoms with Gasteiger partial charge in [-0.1, -0.05) is 18.2 Å². The van der Waals surface area contributed by atoms with Crippen LogP contribution < -0.4 is 5.32 Å². The lowest BCUT2D eigenvalue weighted by atomic mass is 9.96. The number of nitrogens with zero attached hydrogens (tertiary/aromatic N) is 4. The second-order valence-corrected chi connectivity index (χ2v) is 8.79. The zero-order valence-electron chi connectivity index (χ0n) is 19.5. The molecule has 1 aromatic heterocycles. The Labute approximate surface area is 193 Å². The molecule has 1 N–H and O–H groups in total. The van der Waals surface area contributed by atoms with Gasteiger partial charge >= 0.3 is 0 Å². The lowest BCUT2D eigenvalue weighted by Crippen LogP contribution is -2.44. The lowest BCUT2D eigenvalue weighted by Gasteiger charge is -2.32. The molecule has 9 heteroatoms. The Balaban J connectivity index is 1.48. The number of para-hydroxylation sites is 1. The quantitative estimate of drug-likeness (QED) is 0.744. The van der Waals surface area contributed by atoms with Crippen molar-refractivity contribution in [1.29, 1.82) is 0 Å². The van der Waals surface area contributed by atoms with E-state index in [-0.39, 0.29) is 30.2 Å². The molecule has 0 radical (unpaired) electrons. The first-order chi connectivity index (χ1) is 15.9. The Kier molecular flexibility index (Phi) is 6.78. The maximum absolute atomic E-state index is 13.5. The minimum Gasteiger partial charge on any atom is -0.375 e. The molecule has 0 bridgehead atoms. The number of hydrogen-bond donors (Lipinski definition) is 1. The van der Waals surface area contributed by atoms with E-state index in [1.54, 1.807) is 14.5 Å². The average Bonchev–Trinajstić information content (AvgIpc) is 3.16. The molecule has 2 aliphatic rings. The molecule has 1 saturated heterocycles. The molecule has 4 rings (SSSR count). The van der Waals surface area contributed by atoms with Crippen molar-refractivity contribution in [3.05, 3.63) is 46.8 Å². The molecule has 0 spiro atoms. The van der Waals surface area contributed by atoms with Crippen molar-refractivity contribution in [2.75, 3.05) is 38.7 Å². The fourth-order valence-corrected chi connectivity index (χ4v) is 4.67. The summed E-state index contributed by atoms with van der Waals surface area (Å²) in [7, 11) is 3.32. The standard InChI is InChI=1S/C24H31N5O4/c1-16-7-4-5-9-19(16)25-23(31)17-8-6-11-29(13-17)24(32)22-18-14-28(21(30)15-33-3)12-10-20(18)27(2)26-22/h4-5,7,9,17H,6,8,10-15H2,1-3H3,(H,25,31)/t17-/m0/s1. The fraction of sp³-hybridized carbons (Fsp3) is 0.500. The number of rotatable bonds is 5. The van der Waals surface area contributed by atoms with Crippen LogP contribution in [0.2, 0.25) is 0 Å². The highest BCUT2D eigenvalue weighted by molar-refractivity contribution is 5.96. The Morgan fingerprint density at radius 2 is 1.97 bits per heavy atom. The molecular formula is C24H31N5O4. The maximum Gasteiger partial charge on any atom is 0.274 e. The second-order valence-electron chi connectivity index (χ2n) is 8.79. The number of piperidine rings is 1. The summed E-state index contributed by atoms with van der Waals surface area (Å²) in [6, 6.07) is 7.67. The molecule has 0 saturated carbocycles. The number of anilines is 1. The summed E-state index contributed by atoms with van der Waals surface area (Å²) in [6.07, 6.45) is 2.13. The van der Waals surface area contributed by atoms with E-state index in [2.05, 4.69) is 10.4 Å². The largest absolute Gasteiger partial charge is 0.375 e. The molecule has 9 nitrogen and oxygen atoms in total. The van der Waals surface area contributed by atoms with Crippen LogP contribution >= 0.6 is 0 Å². The number of aromatic nitrogens is 2. The number of likely N-dealkylation sites (tertiary alicyclic amines) is 1. The molecule has 0 aliphatic carbocycles. The van der Waals surface area contributed by atoms with Gasteiger partial charge in [-0.15, -0.1) is 0 Å². The molecule has 1 fully saturated rings. The van der Waals surface area contributed by atoms with Gasteiger partial charge in [0.05, 0.1) is 5.92 Å². The van der Waals surface area contributed by atoms with Crippen LogP contribution in [0.25, 0.3) is 0 Å². The number of methoxy groups -OCH3 is 1. The molecule has 3 heterocycles. The number of carbonyl (C=O) groups is 3. The van der Waals surface area contributed by atoms with E-state index in [0.29, 0.717) is 38.3 Å². The Morgan fingerprint density at radius 3 is 2.73 bits per heavy atom. The van der Waals surface area contributed by atoms with E-state index in [1.807, 2.05) is 38.2 Å². The number of nitrogens with one attached hydrogen (secondary N) is 1. The van der Waals surface area contributed by atoms with Crippen LogP contribution in [0.1, 0.15) is 40.2 Å². The van der Waals surface area contributed by atoms with Gasteiger partial charge in [0.2, 0.25) is 11.8 Å². The van der Waals surface area contributed by atoms with E-state index >= 15 is 0 Å². The van der Waals surface area contributed by atoms with Gasteiger partial charge in [-0.2, -0.15) is 5.10 Å². The van der Waals surface area contributed by atoms with Crippen LogP contribution in [-0.4, -0.2) is 70.7 Å². The van der Waals surface area contributed by atoms with Crippen LogP contribution in [0, 0.1) is 12.8 Å². The van der Waals surface area contributed by atoms with Crippen molar-refractivity contribution in [1.82, 2.24) is 19.6 Å². The van der Waals surface area contributed by atoms with Crippen LogP contribution in [0.5, 0.6) is 0 Å². The molecule has 176 valence electrons. The highest BCUT2D eigenvalue weighted by atomic mass is 16.5. The topological polar surface area (TPSA) is 96.8 Å². The van der Waals surface area contributed by atoms with Crippen molar-refractivity contribution in [2.45, 2.75) is 32.7 Å². The van der Waals surface area contributed by atoms with E-state index in [4.69, 9.17) is 4.74 Å². The molecule has 0 unspecified atom stereocenters. The molecule has 2 aromatic rings. The van der Waals surface area contributed by atoms with Crippen LogP contribution in [0.15, 0.2) is 24.3 Å². The van der Waals surface area contributed by atoms with Crippen LogP contribution in [0.3, 0.4) is 0 Å². The van der Waals surface area contributed by atoms with Crippen molar-refractivity contribution >= 4 is 23.4 Å². The summed E-state index contributed by atoms with van der Waals surface area (Å²) in [5, 5.41) is 7.52. The van der Waals surface area contributed by atoms with Crippen molar-refractivity contribution in [3.8, 4) is 0 Å². The van der Waals surface area contributed by atoms with E-state index in [0.717, 1.165) is 35.3 Å². The number of carbonyl (C=O) groups excluding carboxylic acids is 3. The highest BCUT2D eigenvalue weighted by Crippen LogP contribution is 2.26. The zero-order chi connectivity index (χ0) is 23.5. The lowest BCUT2D eigenvalue weighted by molar-refractivity contribution is -0.136. The second kappa shape index (κ2) is 9.74. The average molecular weight is 454 g/mol. The predicted molar refractivity (Wildman–Crippen MR) is 123 cm³/mol. The number of aryl methyl sites for hydroxylation is 2. The Morgan fingerprint density at radius 1 is 1.18 bits per heavy atom. The third-order valence-corrected chi connectivity index (χ3v) is 6.55. The first-order valence-electron chi connectivity index (χ1n) is 11.4. The van der Waals surface area contributed by atoms with E-state index < -0.39 is 0 Å². The summed E-state index contributed by atoms with van der Waals surface area (Å²) in [6.45, 7) is 3.84. The van der Waals surface area contributed by atoms with Gasteiger partial charge < -0.3 is 19.9 Å². The minimum absolute atomic E-state index is 0.0165. The third kappa shape index (κ3) is 4.78. The van der Waals surface area contributed by atoms with Crippen LogP contribution in [-0.2, 0) is 34.3 Å². The van der Waals surface area contributed by atoms with E-state index in [1.165, 1.54) is 7.11 Å². The Hall–Kier alpha value is -3.20. The van der Waals surface area contributed by atoms with Gasteiger partial charge in [0.15, 0.2) is 5.69 Å². The summed E-state index contributed by atoms with van der Waals surface area (Å²) < 4.78 is 6.73. The normalized spacial score (nSPS) is 18.1. The number of hydrogen-bond acceptors (Lipinski definition) is 5. The number of ether oxygens (including phenoxy) is 1. The minimum atomic E-state index is -0.276. The maximum atomic E-state index is 13.5. The first-order valence-corrected chi connectivity index (χ1v) is 11.4. The summed E-state index contributed by atoms with van der Waals surface area (Å²) in [5.74, 6) is -0.625. The van der Waals surface area contributed by atoms with Crippen molar-refractivity contribution in [3.63, 3.8) is 0 Å².